The van der Waals surface area contributed by atoms with E-state index in [1.165, 1.54) is 22.3 Å². The third-order valence-corrected chi connectivity index (χ3v) is 5.13. The Balaban J connectivity index is 0.000000459. The van der Waals surface area contributed by atoms with E-state index in [2.05, 4.69) is 68.4 Å². The Hall–Kier alpha value is -1.58. The summed E-state index contributed by atoms with van der Waals surface area (Å²) in [5.74, 6) is 0. The predicted octanol–water partition coefficient (Wildman–Crippen LogP) is 5.04. The smallest absolute Gasteiger partial charge is 1.00 e. The fourth-order valence-corrected chi connectivity index (χ4v) is 3.14. The molecular weight excluding hydrogens is 476 g/mol. The number of hydrogen-bond donors (Lipinski definition) is 0. The summed E-state index contributed by atoms with van der Waals surface area (Å²) in [5, 5.41) is 0.887. The molecule has 0 atom stereocenters. The Labute approximate surface area is 219 Å². The molecule has 4 rings (SSSR count). The molecule has 156 valence electrons. The summed E-state index contributed by atoms with van der Waals surface area (Å²) in [6, 6.07) is 35.5. The van der Waals surface area contributed by atoms with Crippen LogP contribution >= 0.6 is 11.6 Å². The van der Waals surface area contributed by atoms with Crippen molar-refractivity contribution in [2.45, 2.75) is 27.7 Å². The molecule has 3 heteroatoms. The maximum atomic E-state index is 5.88. The minimum Gasteiger partial charge on any atom is -1.00 e. The maximum absolute atomic E-state index is 5.88. The second kappa shape index (κ2) is 16.1. The Bertz CT molecular complexity index is 935. The monoisotopic (exact) mass is 502 g/mol. The van der Waals surface area contributed by atoms with E-state index in [0.29, 0.717) is 0 Å². The zero-order chi connectivity index (χ0) is 21.1. The molecule has 0 aromatic heterocycles. The molecule has 0 unspecified atom stereocenters. The second-order valence-electron chi connectivity index (χ2n) is 6.92. The van der Waals surface area contributed by atoms with Crippen molar-refractivity contribution >= 4 is 34.7 Å². The minimum atomic E-state index is 0. The van der Waals surface area contributed by atoms with Crippen molar-refractivity contribution in [3.8, 4) is 11.1 Å². The molecule has 0 radical (unpaired) electrons. The third kappa shape index (κ3) is 10.1. The average Bonchev–Trinajstić information content (AvgIpc) is 2.75. The van der Waals surface area contributed by atoms with Crippen molar-refractivity contribution in [3.63, 3.8) is 0 Å². The van der Waals surface area contributed by atoms with Crippen molar-refractivity contribution in [2.24, 2.45) is 0 Å². The quantitative estimate of drug-likeness (QED) is 0.252. The molecule has 0 bridgehead atoms. The molecule has 0 saturated heterocycles. The van der Waals surface area contributed by atoms with Crippen LogP contribution in [0.4, 0.5) is 0 Å². The summed E-state index contributed by atoms with van der Waals surface area (Å²) in [5.41, 5.74) is 7.66. The Morgan fingerprint density at radius 3 is 1.32 bits per heavy atom. The van der Waals surface area contributed by atoms with Crippen LogP contribution in [0.25, 0.3) is 11.1 Å². The van der Waals surface area contributed by atoms with Crippen molar-refractivity contribution in [3.05, 3.63) is 130 Å². The van der Waals surface area contributed by atoms with Gasteiger partial charge in [0.25, 0.3) is 0 Å². The van der Waals surface area contributed by atoms with Gasteiger partial charge in [-0.05, 0) is 61.1 Å². The van der Waals surface area contributed by atoms with Crippen LogP contribution in [0.5, 0.6) is 0 Å². The van der Waals surface area contributed by atoms with E-state index in [-0.39, 0.29) is 40.0 Å². The van der Waals surface area contributed by atoms with Crippen molar-refractivity contribution in [2.75, 3.05) is 0 Å². The van der Waals surface area contributed by atoms with Gasteiger partial charge < -0.3 is 17.0 Å². The van der Waals surface area contributed by atoms with Gasteiger partial charge in [-0.2, -0.15) is 36.4 Å². The summed E-state index contributed by atoms with van der Waals surface area (Å²) in [7, 11) is 0. The van der Waals surface area contributed by atoms with Gasteiger partial charge in [-0.3, -0.25) is 0 Å². The summed E-state index contributed by atoms with van der Waals surface area (Å²) >= 11 is 5.88. The van der Waals surface area contributed by atoms with Gasteiger partial charge in [0.2, 0.25) is 0 Å². The number of halogens is 2. The van der Waals surface area contributed by atoms with Gasteiger partial charge in [0, 0.05) is 5.02 Å². The first-order valence-electron chi connectivity index (χ1n) is 9.75. The molecule has 0 aliphatic heterocycles. The molecule has 0 spiro atoms. The van der Waals surface area contributed by atoms with Crippen LogP contribution in [0.15, 0.2) is 97.1 Å². The van der Waals surface area contributed by atoms with Gasteiger partial charge in [0.1, 0.15) is 0 Å². The van der Waals surface area contributed by atoms with Crippen LogP contribution in [-0.4, -0.2) is 23.1 Å². The van der Waals surface area contributed by atoms with E-state index >= 15 is 0 Å². The van der Waals surface area contributed by atoms with Crippen molar-refractivity contribution in [1.29, 1.82) is 0 Å². The summed E-state index contributed by atoms with van der Waals surface area (Å²) in [6.45, 7) is 8.34. The topological polar surface area (TPSA) is 0 Å². The van der Waals surface area contributed by atoms with Gasteiger partial charge in [-0.15, -0.1) is 0 Å². The van der Waals surface area contributed by atoms with Gasteiger partial charge >= 0.3 is 23.1 Å². The van der Waals surface area contributed by atoms with Crippen LogP contribution in [-0.2, 0) is 0 Å². The minimum absolute atomic E-state index is 0. The molecule has 0 aliphatic rings. The number of benzene rings is 4. The molecule has 4 aromatic carbocycles. The van der Waals surface area contributed by atoms with Gasteiger partial charge in [-0.25, -0.2) is 0 Å². The Morgan fingerprint density at radius 1 is 0.548 bits per heavy atom. The zero-order valence-corrected chi connectivity index (χ0v) is 22.5. The standard InChI is InChI=1S/C14H14.C8H9Cl.C6H5.BrH.Mg/c1-11-7-6-8-12(2)14(11)13-9-4-3-5-10-13;1-6-4-3-5-7(2)8(6)9;1-2-4-6-5-3-1;;/h3-10H,1-2H3;3-5H,1-2H3;1-5H;1H;/q;;-1;;+2/p-1. The van der Waals surface area contributed by atoms with E-state index in [1.54, 1.807) is 0 Å². The summed E-state index contributed by atoms with van der Waals surface area (Å²) < 4.78 is 0. The largest absolute Gasteiger partial charge is 2.00 e. The molecule has 0 fully saturated rings. The van der Waals surface area contributed by atoms with Crippen LogP contribution < -0.4 is 17.0 Å². The molecule has 0 N–H and O–H groups in total. The molecule has 4 aromatic rings. The average molecular weight is 504 g/mol. The molecule has 0 amide bonds. The van der Waals surface area contributed by atoms with E-state index in [9.17, 15) is 0 Å². The molecular formula is C28H28BrClMg. The van der Waals surface area contributed by atoms with Gasteiger partial charge in [0.15, 0.2) is 0 Å². The molecule has 0 aliphatic carbocycles. The van der Waals surface area contributed by atoms with Crippen LogP contribution in [0.1, 0.15) is 22.3 Å². The molecule has 0 nitrogen and oxygen atoms in total. The fraction of sp³-hybridized carbons (Fsp3) is 0.143. The van der Waals surface area contributed by atoms with Crippen LogP contribution in [0, 0.1) is 33.8 Å². The van der Waals surface area contributed by atoms with Crippen LogP contribution in [0.3, 0.4) is 0 Å². The number of rotatable bonds is 1. The first kappa shape index (κ1) is 29.4. The molecule has 31 heavy (non-hydrogen) atoms. The van der Waals surface area contributed by atoms with Gasteiger partial charge in [-0.1, -0.05) is 78.3 Å². The fourth-order valence-electron chi connectivity index (χ4n) is 3.01. The first-order chi connectivity index (χ1) is 14.0. The SMILES string of the molecule is Cc1cccc(C)c1-c1ccccc1.Cc1cccc(C)c1Cl.[Br-].[Mg+2].[c-]1ccccc1. The van der Waals surface area contributed by atoms with Crippen LogP contribution in [0.2, 0.25) is 5.02 Å². The summed E-state index contributed by atoms with van der Waals surface area (Å²) in [4.78, 5) is 0. The van der Waals surface area contributed by atoms with E-state index in [1.807, 2.05) is 62.4 Å². The van der Waals surface area contributed by atoms with E-state index in [0.717, 1.165) is 16.1 Å². The van der Waals surface area contributed by atoms with E-state index in [4.69, 9.17) is 11.6 Å². The van der Waals surface area contributed by atoms with E-state index < -0.39 is 0 Å². The second-order valence-corrected chi connectivity index (χ2v) is 7.29. The number of aryl methyl sites for hydroxylation is 4. The van der Waals surface area contributed by atoms with Gasteiger partial charge in [0.05, 0.1) is 0 Å². The number of hydrogen-bond acceptors (Lipinski definition) is 0. The third-order valence-electron chi connectivity index (χ3n) is 4.54. The summed E-state index contributed by atoms with van der Waals surface area (Å²) in [6.07, 6.45) is 0. The molecule has 0 heterocycles. The Kier molecular flexibility index (Phi) is 15.3. The predicted molar refractivity (Wildman–Crippen MR) is 133 cm³/mol. The molecule has 0 saturated carbocycles. The Morgan fingerprint density at radius 2 is 0.968 bits per heavy atom. The normalized spacial score (nSPS) is 8.94. The van der Waals surface area contributed by atoms with Crippen molar-refractivity contribution < 1.29 is 17.0 Å². The first-order valence-corrected chi connectivity index (χ1v) is 10.1. The van der Waals surface area contributed by atoms with Crippen molar-refractivity contribution in [1.82, 2.24) is 0 Å². The zero-order valence-electron chi connectivity index (χ0n) is 18.7. The maximum Gasteiger partial charge on any atom is 2.00 e.